The van der Waals surface area contributed by atoms with E-state index in [4.69, 9.17) is 0 Å². The molecule has 1 fully saturated rings. The Morgan fingerprint density at radius 2 is 2.04 bits per heavy atom. The molecular formula is C18H23N3OS. The molecule has 0 saturated heterocycles. The summed E-state index contributed by atoms with van der Waals surface area (Å²) in [4.78, 5) is 3.82. The second-order valence-electron chi connectivity index (χ2n) is 6.50. The smallest absolute Gasteiger partial charge is 0.101 e. The molecule has 1 aromatic heterocycles. The van der Waals surface area contributed by atoms with Crippen molar-refractivity contribution in [1.29, 1.82) is 0 Å². The van der Waals surface area contributed by atoms with Crippen LogP contribution in [0.2, 0.25) is 0 Å². The van der Waals surface area contributed by atoms with E-state index in [0.29, 0.717) is 5.92 Å². The summed E-state index contributed by atoms with van der Waals surface area (Å²) in [6, 6.07) is 12.7. The lowest BCUT2D eigenvalue weighted by atomic mass is 10.1. The van der Waals surface area contributed by atoms with Gasteiger partial charge >= 0.3 is 0 Å². The molecule has 4 rings (SSSR count). The van der Waals surface area contributed by atoms with E-state index in [1.165, 1.54) is 10.6 Å². The van der Waals surface area contributed by atoms with Gasteiger partial charge in [-0.15, -0.1) is 11.8 Å². The minimum absolute atomic E-state index is 0.352. The fourth-order valence-corrected chi connectivity index (χ4v) is 4.08. The molecule has 1 N–H and O–H groups in total. The number of fused-ring (bicyclic) bond motifs is 1. The Morgan fingerprint density at radius 1 is 1.22 bits per heavy atom. The number of aliphatic hydroxyl groups is 1. The molecule has 1 aromatic carbocycles. The van der Waals surface area contributed by atoms with Crippen molar-refractivity contribution in [2.45, 2.75) is 36.9 Å². The lowest BCUT2D eigenvalue weighted by Crippen LogP contribution is -2.35. The molecule has 0 bridgehead atoms. The Hall–Kier alpha value is -1.30. The second kappa shape index (κ2) is 6.67. The zero-order valence-corrected chi connectivity index (χ0v) is 14.1. The van der Waals surface area contributed by atoms with Crippen LogP contribution in [-0.2, 0) is 13.1 Å². The molecule has 0 amide bonds. The molecule has 23 heavy (non-hydrogen) atoms. The van der Waals surface area contributed by atoms with Crippen LogP contribution in [0.3, 0.4) is 0 Å². The molecule has 4 nitrogen and oxygen atoms in total. The van der Waals surface area contributed by atoms with Crippen molar-refractivity contribution in [3.05, 3.63) is 47.8 Å². The topological polar surface area (TPSA) is 41.3 Å². The van der Waals surface area contributed by atoms with Gasteiger partial charge in [-0.1, -0.05) is 18.2 Å². The summed E-state index contributed by atoms with van der Waals surface area (Å²) in [5.41, 5.74) is 2.12. The van der Waals surface area contributed by atoms with Crippen molar-refractivity contribution < 1.29 is 5.11 Å². The summed E-state index contributed by atoms with van der Waals surface area (Å²) in [5.74, 6) is 1.56. The van der Waals surface area contributed by atoms with Crippen molar-refractivity contribution in [2.75, 3.05) is 18.8 Å². The highest BCUT2D eigenvalue weighted by Gasteiger charge is 2.33. The molecule has 0 unspecified atom stereocenters. The minimum Gasteiger partial charge on any atom is -0.386 e. The molecular weight excluding hydrogens is 306 g/mol. The lowest BCUT2D eigenvalue weighted by molar-refractivity contribution is 0.147. The molecule has 1 saturated carbocycles. The molecule has 2 aromatic rings. The van der Waals surface area contributed by atoms with Crippen molar-refractivity contribution in [2.24, 2.45) is 5.92 Å². The van der Waals surface area contributed by atoms with Gasteiger partial charge in [-0.3, -0.25) is 9.58 Å². The van der Waals surface area contributed by atoms with Crippen LogP contribution in [0.5, 0.6) is 0 Å². The average Bonchev–Trinajstić information content (AvgIpc) is 3.34. The third-order valence-corrected chi connectivity index (χ3v) is 5.68. The third-order valence-electron chi connectivity index (χ3n) is 4.69. The number of aliphatic hydroxyl groups excluding tert-OH is 1. The monoisotopic (exact) mass is 329 g/mol. The average molecular weight is 329 g/mol. The van der Waals surface area contributed by atoms with E-state index in [0.717, 1.165) is 50.5 Å². The lowest BCUT2D eigenvalue weighted by Gasteiger charge is -2.27. The number of aromatic nitrogens is 2. The maximum Gasteiger partial charge on any atom is 0.101 e. The van der Waals surface area contributed by atoms with E-state index in [1.54, 1.807) is 0 Å². The van der Waals surface area contributed by atoms with Gasteiger partial charge in [0.2, 0.25) is 0 Å². The zero-order chi connectivity index (χ0) is 15.6. The minimum atomic E-state index is -0.352. The first-order valence-corrected chi connectivity index (χ1v) is 9.43. The van der Waals surface area contributed by atoms with Gasteiger partial charge < -0.3 is 5.11 Å². The predicted octanol–water partition coefficient (Wildman–Crippen LogP) is 2.93. The van der Waals surface area contributed by atoms with Gasteiger partial charge in [0.15, 0.2) is 0 Å². The predicted molar refractivity (Wildman–Crippen MR) is 92.4 cm³/mol. The molecule has 1 aliphatic carbocycles. The van der Waals surface area contributed by atoms with Crippen LogP contribution in [-0.4, -0.2) is 38.6 Å². The summed E-state index contributed by atoms with van der Waals surface area (Å²) >= 11 is 1.91. The Labute approximate surface area is 141 Å². The first-order valence-electron chi connectivity index (χ1n) is 8.44. The molecule has 122 valence electrons. The summed E-state index contributed by atoms with van der Waals surface area (Å²) in [5, 5.41) is 14.9. The fraction of sp³-hybridized carbons (Fsp3) is 0.500. The summed E-state index contributed by atoms with van der Waals surface area (Å²) in [6.07, 6.45) is 1.94. The quantitative estimate of drug-likeness (QED) is 0.828. The van der Waals surface area contributed by atoms with E-state index >= 15 is 0 Å². The van der Waals surface area contributed by atoms with Crippen LogP contribution < -0.4 is 0 Å². The van der Waals surface area contributed by atoms with E-state index in [1.807, 2.05) is 11.8 Å². The molecule has 2 aliphatic rings. The number of nitrogens with zero attached hydrogens (tertiary/aromatic N) is 3. The highest BCUT2D eigenvalue weighted by atomic mass is 32.2. The molecule has 0 radical (unpaired) electrons. The first kappa shape index (κ1) is 15.2. The SMILES string of the molecule is O[C@@H](c1cc2n(n1)CCN(CCSc1ccccc1)C2)C1CC1. The Morgan fingerprint density at radius 3 is 2.83 bits per heavy atom. The molecule has 5 heteroatoms. The van der Waals surface area contributed by atoms with E-state index in [2.05, 4.69) is 51.1 Å². The third kappa shape index (κ3) is 3.62. The van der Waals surface area contributed by atoms with Crippen LogP contribution in [0.15, 0.2) is 41.3 Å². The normalized spacial score (nSPS) is 19.5. The maximum atomic E-state index is 10.3. The number of hydrogen-bond acceptors (Lipinski definition) is 4. The molecule has 1 atom stereocenters. The highest BCUT2D eigenvalue weighted by Crippen LogP contribution is 2.40. The summed E-state index contributed by atoms with van der Waals surface area (Å²) < 4.78 is 2.09. The van der Waals surface area contributed by atoms with Crippen molar-refractivity contribution in [1.82, 2.24) is 14.7 Å². The largest absolute Gasteiger partial charge is 0.386 e. The van der Waals surface area contributed by atoms with Crippen LogP contribution in [0, 0.1) is 5.92 Å². The van der Waals surface area contributed by atoms with E-state index in [-0.39, 0.29) is 6.10 Å². The van der Waals surface area contributed by atoms with Gasteiger partial charge in [-0.2, -0.15) is 5.10 Å². The number of benzene rings is 1. The van der Waals surface area contributed by atoms with Crippen LogP contribution in [0.1, 0.15) is 30.3 Å². The van der Waals surface area contributed by atoms with Gasteiger partial charge in [0.05, 0.1) is 17.9 Å². The first-order chi connectivity index (χ1) is 11.3. The van der Waals surface area contributed by atoms with Gasteiger partial charge in [0.25, 0.3) is 0 Å². The summed E-state index contributed by atoms with van der Waals surface area (Å²) in [7, 11) is 0. The van der Waals surface area contributed by atoms with Crippen LogP contribution >= 0.6 is 11.8 Å². The van der Waals surface area contributed by atoms with Crippen molar-refractivity contribution >= 4 is 11.8 Å². The summed E-state index contributed by atoms with van der Waals surface area (Å²) in [6.45, 7) is 4.01. The maximum absolute atomic E-state index is 10.3. The Balaban J connectivity index is 1.31. The van der Waals surface area contributed by atoms with Crippen LogP contribution in [0.25, 0.3) is 0 Å². The highest BCUT2D eigenvalue weighted by molar-refractivity contribution is 7.99. The van der Waals surface area contributed by atoms with Gasteiger partial charge in [0.1, 0.15) is 6.10 Å². The van der Waals surface area contributed by atoms with Gasteiger partial charge in [-0.05, 0) is 37.0 Å². The number of hydrogen-bond donors (Lipinski definition) is 1. The van der Waals surface area contributed by atoms with E-state index < -0.39 is 0 Å². The van der Waals surface area contributed by atoms with Gasteiger partial charge in [0, 0.05) is 30.3 Å². The molecule has 1 aliphatic heterocycles. The van der Waals surface area contributed by atoms with Gasteiger partial charge in [-0.25, -0.2) is 0 Å². The zero-order valence-electron chi connectivity index (χ0n) is 13.3. The van der Waals surface area contributed by atoms with E-state index in [9.17, 15) is 5.11 Å². The molecule has 0 spiro atoms. The number of rotatable bonds is 6. The standard InChI is InChI=1S/C18H23N3OS/c22-18(14-6-7-14)17-12-15-13-20(8-9-21(15)19-17)10-11-23-16-4-2-1-3-5-16/h1-5,12,14,18,22H,6-11,13H2/t18-/m1/s1. The Kier molecular flexibility index (Phi) is 4.42. The van der Waals surface area contributed by atoms with Crippen molar-refractivity contribution in [3.8, 4) is 0 Å². The van der Waals surface area contributed by atoms with Crippen LogP contribution in [0.4, 0.5) is 0 Å². The second-order valence-corrected chi connectivity index (χ2v) is 7.67. The number of thioether (sulfide) groups is 1. The fourth-order valence-electron chi connectivity index (χ4n) is 3.14. The Bertz CT molecular complexity index is 654. The van der Waals surface area contributed by atoms with Crippen molar-refractivity contribution in [3.63, 3.8) is 0 Å². The molecule has 2 heterocycles.